The molecule has 0 spiro atoms. The molecule has 1 amide bonds. The summed E-state index contributed by atoms with van der Waals surface area (Å²) < 4.78 is 30.2. The first-order valence-electron chi connectivity index (χ1n) is 7.70. The zero-order valence-corrected chi connectivity index (χ0v) is 15.4. The number of carbonyl (C=O) groups is 1. The lowest BCUT2D eigenvalue weighted by Crippen LogP contribution is -2.16. The van der Waals surface area contributed by atoms with Gasteiger partial charge in [-0.2, -0.15) is 5.10 Å². The first-order valence-corrected chi connectivity index (χ1v) is 9.90. The van der Waals surface area contributed by atoms with Gasteiger partial charge in [0.1, 0.15) is 5.75 Å². The minimum absolute atomic E-state index is 0.0543. The van der Waals surface area contributed by atoms with Crippen LogP contribution >= 0.6 is 11.6 Å². The van der Waals surface area contributed by atoms with Crippen LogP contribution in [0.4, 0.5) is 5.69 Å². The highest BCUT2D eigenvalue weighted by Crippen LogP contribution is 2.29. The van der Waals surface area contributed by atoms with Gasteiger partial charge in [0, 0.05) is 10.7 Å². The van der Waals surface area contributed by atoms with Crippen LogP contribution in [0.1, 0.15) is 28.5 Å². The van der Waals surface area contributed by atoms with E-state index in [2.05, 4.69) is 10.4 Å². The molecule has 1 aliphatic heterocycles. The number of hydrogen-bond acceptors (Lipinski definition) is 5. The van der Waals surface area contributed by atoms with Crippen molar-refractivity contribution < 1.29 is 17.9 Å². The summed E-state index contributed by atoms with van der Waals surface area (Å²) in [6.45, 7) is 1.75. The molecular weight excluding hydrogens is 366 g/mol. The molecule has 1 unspecified atom stereocenters. The minimum atomic E-state index is -3.03. The number of benzene rings is 1. The smallest absolute Gasteiger partial charge is 0.259 e. The third-order valence-electron chi connectivity index (χ3n) is 4.25. The number of halogens is 1. The predicted octanol–water partition coefficient (Wildman–Crippen LogP) is 2.47. The average molecular weight is 384 g/mol. The number of aromatic nitrogens is 2. The zero-order valence-electron chi connectivity index (χ0n) is 13.8. The van der Waals surface area contributed by atoms with Crippen LogP contribution in [-0.2, 0) is 9.84 Å². The SMILES string of the molecule is COc1ccc(Cl)cc1NC(=O)c1cnn(C2CCS(=O)(=O)C2)c1C. The molecule has 9 heteroatoms. The molecule has 1 aromatic heterocycles. The summed E-state index contributed by atoms with van der Waals surface area (Å²) in [4.78, 5) is 12.6. The van der Waals surface area contributed by atoms with E-state index in [0.717, 1.165) is 0 Å². The number of amides is 1. The van der Waals surface area contributed by atoms with Crippen molar-refractivity contribution in [3.63, 3.8) is 0 Å². The lowest BCUT2D eigenvalue weighted by molar-refractivity contribution is 0.102. The molecule has 2 aromatic rings. The Bertz CT molecular complexity index is 923. The number of nitrogens with one attached hydrogen (secondary N) is 1. The molecule has 3 rings (SSSR count). The summed E-state index contributed by atoms with van der Waals surface area (Å²) >= 11 is 5.97. The van der Waals surface area contributed by atoms with Gasteiger partial charge in [0.15, 0.2) is 9.84 Å². The summed E-state index contributed by atoms with van der Waals surface area (Å²) in [6, 6.07) is 4.70. The third-order valence-corrected chi connectivity index (χ3v) is 6.24. The van der Waals surface area contributed by atoms with Crippen LogP contribution in [0, 0.1) is 6.92 Å². The van der Waals surface area contributed by atoms with Crippen LogP contribution < -0.4 is 10.1 Å². The van der Waals surface area contributed by atoms with Gasteiger partial charge in [-0.3, -0.25) is 9.48 Å². The summed E-state index contributed by atoms with van der Waals surface area (Å²) in [5.41, 5.74) is 1.46. The van der Waals surface area contributed by atoms with E-state index in [0.29, 0.717) is 34.1 Å². The third kappa shape index (κ3) is 3.64. The van der Waals surface area contributed by atoms with Crippen LogP contribution in [0.25, 0.3) is 0 Å². The number of rotatable bonds is 4. The Labute approximate surface area is 150 Å². The first-order chi connectivity index (χ1) is 11.8. The van der Waals surface area contributed by atoms with Gasteiger partial charge in [0.25, 0.3) is 5.91 Å². The maximum Gasteiger partial charge on any atom is 0.259 e. The van der Waals surface area contributed by atoms with Gasteiger partial charge in [0.2, 0.25) is 0 Å². The Morgan fingerprint density at radius 2 is 2.20 bits per heavy atom. The minimum Gasteiger partial charge on any atom is -0.495 e. The number of anilines is 1. The van der Waals surface area contributed by atoms with E-state index in [-0.39, 0.29) is 23.5 Å². The van der Waals surface area contributed by atoms with Crippen molar-refractivity contribution in [3.8, 4) is 5.75 Å². The zero-order chi connectivity index (χ0) is 18.2. The summed E-state index contributed by atoms with van der Waals surface area (Å²) in [5, 5.41) is 7.45. The van der Waals surface area contributed by atoms with E-state index in [4.69, 9.17) is 16.3 Å². The second-order valence-electron chi connectivity index (χ2n) is 5.94. The lowest BCUT2D eigenvalue weighted by atomic mass is 10.2. The molecule has 2 heterocycles. The van der Waals surface area contributed by atoms with E-state index in [9.17, 15) is 13.2 Å². The predicted molar refractivity (Wildman–Crippen MR) is 95.2 cm³/mol. The molecule has 1 atom stereocenters. The molecule has 1 aromatic carbocycles. The maximum absolute atomic E-state index is 12.6. The van der Waals surface area contributed by atoms with Crippen LogP contribution in [0.5, 0.6) is 5.75 Å². The average Bonchev–Trinajstić information content (AvgIpc) is 3.09. The highest BCUT2D eigenvalue weighted by Gasteiger charge is 2.31. The molecule has 1 N–H and O–H groups in total. The molecule has 7 nitrogen and oxygen atoms in total. The van der Waals surface area contributed by atoms with E-state index in [1.807, 2.05) is 0 Å². The Hall–Kier alpha value is -2.06. The van der Waals surface area contributed by atoms with E-state index in [1.54, 1.807) is 29.8 Å². The fourth-order valence-corrected chi connectivity index (χ4v) is 4.81. The number of ether oxygens (including phenoxy) is 1. The van der Waals surface area contributed by atoms with E-state index in [1.165, 1.54) is 13.3 Å². The summed E-state index contributed by atoms with van der Waals surface area (Å²) in [6.07, 6.45) is 1.96. The number of carbonyl (C=O) groups excluding carboxylic acids is 1. The second-order valence-corrected chi connectivity index (χ2v) is 8.61. The van der Waals surface area contributed by atoms with Crippen LogP contribution in [-0.4, -0.2) is 42.7 Å². The fourth-order valence-electron chi connectivity index (χ4n) is 2.95. The molecule has 1 aliphatic rings. The fraction of sp³-hybridized carbons (Fsp3) is 0.375. The molecule has 134 valence electrons. The molecular formula is C16H18ClN3O4S. The van der Waals surface area contributed by atoms with Crippen molar-refractivity contribution in [2.75, 3.05) is 23.9 Å². The van der Waals surface area contributed by atoms with E-state index >= 15 is 0 Å². The monoisotopic (exact) mass is 383 g/mol. The van der Waals surface area contributed by atoms with Gasteiger partial charge < -0.3 is 10.1 Å². The summed E-state index contributed by atoms with van der Waals surface area (Å²) in [7, 11) is -1.52. The lowest BCUT2D eigenvalue weighted by Gasteiger charge is -2.12. The summed E-state index contributed by atoms with van der Waals surface area (Å²) in [5.74, 6) is 0.339. The molecule has 0 aliphatic carbocycles. The van der Waals surface area contributed by atoms with Crippen molar-refractivity contribution in [1.29, 1.82) is 0 Å². The van der Waals surface area contributed by atoms with Crippen LogP contribution in [0.2, 0.25) is 5.02 Å². The first kappa shape index (κ1) is 17.8. The van der Waals surface area contributed by atoms with Crippen molar-refractivity contribution in [2.45, 2.75) is 19.4 Å². The molecule has 0 radical (unpaired) electrons. The topological polar surface area (TPSA) is 90.3 Å². The Morgan fingerprint density at radius 1 is 1.44 bits per heavy atom. The van der Waals surface area contributed by atoms with Crippen LogP contribution in [0.15, 0.2) is 24.4 Å². The van der Waals surface area contributed by atoms with Crippen molar-refractivity contribution in [2.24, 2.45) is 0 Å². The number of methoxy groups -OCH3 is 1. The Morgan fingerprint density at radius 3 is 2.84 bits per heavy atom. The quantitative estimate of drug-likeness (QED) is 0.875. The maximum atomic E-state index is 12.6. The highest BCUT2D eigenvalue weighted by molar-refractivity contribution is 7.91. The second kappa shape index (κ2) is 6.68. The Balaban J connectivity index is 1.84. The Kier molecular flexibility index (Phi) is 4.75. The van der Waals surface area contributed by atoms with E-state index < -0.39 is 9.84 Å². The largest absolute Gasteiger partial charge is 0.495 e. The van der Waals surface area contributed by atoms with Crippen LogP contribution in [0.3, 0.4) is 0 Å². The van der Waals surface area contributed by atoms with Crippen molar-refractivity contribution in [1.82, 2.24) is 9.78 Å². The molecule has 1 fully saturated rings. The van der Waals surface area contributed by atoms with Crippen molar-refractivity contribution in [3.05, 3.63) is 40.7 Å². The van der Waals surface area contributed by atoms with Gasteiger partial charge in [-0.25, -0.2) is 8.42 Å². The molecule has 1 saturated heterocycles. The molecule has 0 saturated carbocycles. The van der Waals surface area contributed by atoms with Gasteiger partial charge in [-0.05, 0) is 31.5 Å². The highest BCUT2D eigenvalue weighted by atomic mass is 35.5. The standard InChI is InChI=1S/C16H18ClN3O4S/c1-10-13(8-18-20(10)12-5-6-25(22,23)9-12)16(21)19-14-7-11(17)3-4-15(14)24-2/h3-4,7-8,12H,5-6,9H2,1-2H3,(H,19,21). The molecule has 0 bridgehead atoms. The number of hydrogen-bond donors (Lipinski definition) is 1. The van der Waals surface area contributed by atoms with Gasteiger partial charge in [-0.15, -0.1) is 0 Å². The van der Waals surface area contributed by atoms with Gasteiger partial charge in [0.05, 0.1) is 42.1 Å². The van der Waals surface area contributed by atoms with Gasteiger partial charge >= 0.3 is 0 Å². The van der Waals surface area contributed by atoms with Gasteiger partial charge in [-0.1, -0.05) is 11.6 Å². The number of sulfone groups is 1. The molecule has 25 heavy (non-hydrogen) atoms. The normalized spacial score (nSPS) is 18.9. The number of nitrogens with zero attached hydrogens (tertiary/aromatic N) is 2. The van der Waals surface area contributed by atoms with Crippen molar-refractivity contribution >= 4 is 33.0 Å².